The van der Waals surface area contributed by atoms with Crippen LogP contribution in [0.1, 0.15) is 0 Å². The first-order valence-electron chi connectivity index (χ1n) is 14.8. The van der Waals surface area contributed by atoms with Gasteiger partial charge in [-0.25, -0.2) is 0 Å². The molecule has 0 radical (unpaired) electrons. The molecule has 1 nitrogen and oxygen atoms in total. The lowest BCUT2D eigenvalue weighted by molar-refractivity contribution is 0.487. The van der Waals surface area contributed by atoms with Crippen molar-refractivity contribution in [1.82, 2.24) is 0 Å². The summed E-state index contributed by atoms with van der Waals surface area (Å²) >= 11 is 0. The molecule has 0 saturated heterocycles. The fourth-order valence-electron chi connectivity index (χ4n) is 7.01. The zero-order valence-corrected chi connectivity index (χ0v) is 23.4. The average molecular weight is 547 g/mol. The zero-order chi connectivity index (χ0) is 28.3. The Morgan fingerprint density at radius 1 is 0.302 bits per heavy atom. The Kier molecular flexibility index (Phi) is 5.27. The summed E-state index contributed by atoms with van der Waals surface area (Å²) in [5.74, 6) is 1.82. The molecule has 0 spiro atoms. The van der Waals surface area contributed by atoms with E-state index < -0.39 is 0 Å². The topological polar surface area (TPSA) is 9.23 Å². The van der Waals surface area contributed by atoms with Crippen molar-refractivity contribution in [2.24, 2.45) is 0 Å². The predicted molar refractivity (Wildman–Crippen MR) is 181 cm³/mol. The van der Waals surface area contributed by atoms with Crippen molar-refractivity contribution in [3.8, 4) is 56.0 Å². The lowest BCUT2D eigenvalue weighted by Crippen LogP contribution is -1.99. The molecule has 1 heteroatoms. The summed E-state index contributed by atoms with van der Waals surface area (Å²) in [6.45, 7) is 0. The van der Waals surface area contributed by atoms with Gasteiger partial charge in [-0.3, -0.25) is 0 Å². The fourth-order valence-corrected chi connectivity index (χ4v) is 7.01. The van der Waals surface area contributed by atoms with Gasteiger partial charge in [-0.15, -0.1) is 0 Å². The summed E-state index contributed by atoms with van der Waals surface area (Å²) in [5, 5.41) is 7.34. The smallest absolute Gasteiger partial charge is 0.135 e. The normalized spacial score (nSPS) is 11.9. The highest BCUT2D eigenvalue weighted by Crippen LogP contribution is 2.53. The Bertz CT molecular complexity index is 2290. The molecule has 0 amide bonds. The first kappa shape index (κ1) is 24.0. The summed E-state index contributed by atoms with van der Waals surface area (Å²) < 4.78 is 6.58. The van der Waals surface area contributed by atoms with Gasteiger partial charge in [-0.2, -0.15) is 0 Å². The van der Waals surface area contributed by atoms with Gasteiger partial charge in [0.05, 0.1) is 0 Å². The van der Waals surface area contributed by atoms with Gasteiger partial charge in [0.15, 0.2) is 0 Å². The van der Waals surface area contributed by atoms with Gasteiger partial charge in [0, 0.05) is 10.9 Å². The Morgan fingerprint density at radius 3 is 1.51 bits per heavy atom. The highest BCUT2D eigenvalue weighted by atomic mass is 16.5. The van der Waals surface area contributed by atoms with Crippen LogP contribution in [0.4, 0.5) is 0 Å². The molecule has 1 aliphatic rings. The zero-order valence-electron chi connectivity index (χ0n) is 23.4. The molecule has 9 rings (SSSR count). The third-order valence-corrected chi connectivity index (χ3v) is 8.86. The molecule has 1 heterocycles. The maximum atomic E-state index is 6.58. The Balaban J connectivity index is 1.34. The van der Waals surface area contributed by atoms with Crippen molar-refractivity contribution in [1.29, 1.82) is 0 Å². The van der Waals surface area contributed by atoms with E-state index in [1.54, 1.807) is 0 Å². The van der Waals surface area contributed by atoms with Gasteiger partial charge in [0.2, 0.25) is 0 Å². The van der Waals surface area contributed by atoms with E-state index in [1.807, 2.05) is 0 Å². The third kappa shape index (κ3) is 3.65. The number of ether oxygens (including phenoxy) is 1. The van der Waals surface area contributed by atoms with E-state index in [0.717, 1.165) is 17.1 Å². The second kappa shape index (κ2) is 9.44. The van der Waals surface area contributed by atoms with Crippen LogP contribution in [0.2, 0.25) is 0 Å². The molecule has 0 saturated carbocycles. The number of hydrogen-bond donors (Lipinski definition) is 0. The summed E-state index contributed by atoms with van der Waals surface area (Å²) in [4.78, 5) is 0. The largest absolute Gasteiger partial charge is 0.456 e. The highest BCUT2D eigenvalue weighted by Gasteiger charge is 2.25. The minimum Gasteiger partial charge on any atom is -0.456 e. The second-order valence-electron chi connectivity index (χ2n) is 11.2. The van der Waals surface area contributed by atoms with Crippen LogP contribution in [0.5, 0.6) is 11.5 Å². The molecule has 1 aliphatic heterocycles. The minimum atomic E-state index is 0.900. The molecular weight excluding hydrogens is 520 g/mol. The first-order valence-corrected chi connectivity index (χ1v) is 14.8. The van der Waals surface area contributed by atoms with Gasteiger partial charge in [0.25, 0.3) is 0 Å². The van der Waals surface area contributed by atoms with Gasteiger partial charge >= 0.3 is 0 Å². The van der Waals surface area contributed by atoms with Gasteiger partial charge < -0.3 is 4.74 Å². The molecule has 0 aliphatic carbocycles. The van der Waals surface area contributed by atoms with Crippen molar-refractivity contribution in [3.63, 3.8) is 0 Å². The van der Waals surface area contributed by atoms with Crippen molar-refractivity contribution in [3.05, 3.63) is 158 Å². The fraction of sp³-hybridized carbons (Fsp3) is 0. The van der Waals surface area contributed by atoms with Crippen LogP contribution in [0.3, 0.4) is 0 Å². The molecule has 8 aromatic rings. The number of rotatable bonds is 3. The summed E-state index contributed by atoms with van der Waals surface area (Å²) in [6.07, 6.45) is 0. The van der Waals surface area contributed by atoms with Crippen molar-refractivity contribution in [2.75, 3.05) is 0 Å². The molecule has 8 aromatic carbocycles. The quantitative estimate of drug-likeness (QED) is 0.200. The molecule has 0 aromatic heterocycles. The lowest BCUT2D eigenvalue weighted by Gasteiger charge is -2.25. The molecule has 200 valence electrons. The Hall–Kier alpha value is -5.66. The van der Waals surface area contributed by atoms with Crippen LogP contribution < -0.4 is 4.74 Å². The van der Waals surface area contributed by atoms with Crippen molar-refractivity contribution in [2.45, 2.75) is 0 Å². The van der Waals surface area contributed by atoms with Crippen LogP contribution in [0.25, 0.3) is 76.8 Å². The average Bonchev–Trinajstić information content (AvgIpc) is 3.08. The van der Waals surface area contributed by atoms with Gasteiger partial charge in [-0.1, -0.05) is 146 Å². The molecule has 0 unspecified atom stereocenters. The van der Waals surface area contributed by atoms with E-state index >= 15 is 0 Å². The van der Waals surface area contributed by atoms with E-state index in [9.17, 15) is 0 Å². The van der Waals surface area contributed by atoms with E-state index in [4.69, 9.17) is 4.74 Å². The highest BCUT2D eigenvalue weighted by molar-refractivity contribution is 6.23. The van der Waals surface area contributed by atoms with Crippen LogP contribution in [0, 0.1) is 0 Å². The number of hydrogen-bond acceptors (Lipinski definition) is 1. The predicted octanol–water partition coefficient (Wildman–Crippen LogP) is 11.9. The van der Waals surface area contributed by atoms with Gasteiger partial charge in [-0.05, 0) is 78.0 Å². The van der Waals surface area contributed by atoms with Gasteiger partial charge in [0.1, 0.15) is 11.5 Å². The maximum Gasteiger partial charge on any atom is 0.135 e. The molecule has 0 bridgehead atoms. The van der Waals surface area contributed by atoms with Crippen LogP contribution in [-0.4, -0.2) is 0 Å². The molecule has 43 heavy (non-hydrogen) atoms. The summed E-state index contributed by atoms with van der Waals surface area (Å²) in [7, 11) is 0. The molecule has 0 N–H and O–H groups in total. The lowest BCUT2D eigenvalue weighted by atomic mass is 9.82. The van der Waals surface area contributed by atoms with Crippen LogP contribution >= 0.6 is 0 Å². The molecule has 0 atom stereocenters. The van der Waals surface area contributed by atoms with E-state index in [-0.39, 0.29) is 0 Å². The van der Waals surface area contributed by atoms with E-state index in [2.05, 4.69) is 158 Å². The Labute approximate surface area is 250 Å². The second-order valence-corrected chi connectivity index (χ2v) is 11.2. The van der Waals surface area contributed by atoms with Crippen LogP contribution in [-0.2, 0) is 0 Å². The third-order valence-electron chi connectivity index (χ3n) is 8.86. The standard InChI is InChI=1S/C42H26O/c1-2-11-27(12-3-1)28-23-25-30(26-24-28)39-31-15-4-6-17-33(31)41(34-18-7-5-16-32(34)39)36-20-10-22-38-42(36)35-19-8-13-29-14-9-21-37(43-38)40(29)35/h1-26H. The van der Waals surface area contributed by atoms with Crippen molar-refractivity contribution < 1.29 is 4.74 Å². The first-order chi connectivity index (χ1) is 21.3. The van der Waals surface area contributed by atoms with E-state index in [0.29, 0.717) is 0 Å². The SMILES string of the molecule is c1ccc(-c2ccc(-c3c4ccccc4c(-c4cccc5c4-c4cccc6cccc(c46)O5)c4ccccc34)cc2)cc1. The summed E-state index contributed by atoms with van der Waals surface area (Å²) in [5.41, 5.74) is 9.75. The minimum absolute atomic E-state index is 0.900. The monoisotopic (exact) mass is 546 g/mol. The summed E-state index contributed by atoms with van der Waals surface area (Å²) in [6, 6.07) is 56.7. The number of benzene rings is 8. The number of fused-ring (bicyclic) bond motifs is 4. The van der Waals surface area contributed by atoms with Crippen molar-refractivity contribution >= 4 is 32.3 Å². The van der Waals surface area contributed by atoms with Crippen LogP contribution in [0.15, 0.2) is 158 Å². The van der Waals surface area contributed by atoms with E-state index in [1.165, 1.54) is 71.3 Å². The maximum absolute atomic E-state index is 6.58. The Morgan fingerprint density at radius 2 is 0.814 bits per heavy atom. The molecular formula is C42H26O. The molecule has 0 fully saturated rings.